The summed E-state index contributed by atoms with van der Waals surface area (Å²) in [5.41, 5.74) is 19.2. The Labute approximate surface area is 300 Å². The fourth-order valence-electron chi connectivity index (χ4n) is 11.8. The molecule has 2 unspecified atom stereocenters. The molecule has 51 heavy (non-hydrogen) atoms. The Kier molecular flexibility index (Phi) is 5.12. The van der Waals surface area contributed by atoms with Crippen LogP contribution in [-0.2, 0) is 10.8 Å². The molecule has 4 aliphatic heterocycles. The molecule has 0 N–H and O–H groups in total. The molecular weight excluding hydrogens is 617 g/mol. The summed E-state index contributed by atoms with van der Waals surface area (Å²) >= 11 is 0. The number of nitrogens with zero attached hydrogens (tertiary/aromatic N) is 3. The fourth-order valence-corrected chi connectivity index (χ4v) is 11.8. The summed E-state index contributed by atoms with van der Waals surface area (Å²) in [5, 5.41) is 2.79. The second kappa shape index (κ2) is 9.17. The van der Waals surface area contributed by atoms with Crippen LogP contribution in [-0.4, -0.2) is 17.0 Å². The number of benzene rings is 6. The SMILES string of the molecule is CC1(C)c2cccc3c2-n2c4c1cccc4c1c(N4c5ccccc5C5(C)CCCCC45C)cc4c(c12)B3N(c1ccccc1)c1ccccc1-4. The summed E-state index contributed by atoms with van der Waals surface area (Å²) in [5.74, 6) is 0. The molecule has 2 atom stereocenters. The molecular formula is C47H40BN3. The summed E-state index contributed by atoms with van der Waals surface area (Å²) in [6.45, 7) is 10.1. The van der Waals surface area contributed by atoms with Crippen LogP contribution in [0.25, 0.3) is 38.6 Å². The second-order valence-electron chi connectivity index (χ2n) is 16.8. The van der Waals surface area contributed by atoms with Gasteiger partial charge in [0.1, 0.15) is 0 Å². The van der Waals surface area contributed by atoms with Crippen LogP contribution in [0, 0.1) is 0 Å². The highest BCUT2D eigenvalue weighted by Crippen LogP contribution is 2.63. The van der Waals surface area contributed by atoms with Gasteiger partial charge in [0.05, 0.1) is 22.3 Å². The van der Waals surface area contributed by atoms with Crippen LogP contribution in [0.5, 0.6) is 0 Å². The number of aromatic nitrogens is 1. The summed E-state index contributed by atoms with van der Waals surface area (Å²) in [4.78, 5) is 5.47. The molecule has 3 nitrogen and oxygen atoms in total. The molecule has 246 valence electrons. The van der Waals surface area contributed by atoms with E-state index in [4.69, 9.17) is 0 Å². The van der Waals surface area contributed by atoms with Crippen molar-refractivity contribution in [3.05, 3.63) is 138 Å². The van der Waals surface area contributed by atoms with Crippen molar-refractivity contribution in [2.75, 3.05) is 9.71 Å². The van der Waals surface area contributed by atoms with Crippen molar-refractivity contribution in [1.82, 2.24) is 4.57 Å². The Morgan fingerprint density at radius 2 is 1.29 bits per heavy atom. The summed E-state index contributed by atoms with van der Waals surface area (Å²) < 4.78 is 2.72. The predicted octanol–water partition coefficient (Wildman–Crippen LogP) is 10.4. The van der Waals surface area contributed by atoms with Gasteiger partial charge < -0.3 is 14.3 Å². The lowest BCUT2D eigenvalue weighted by atomic mass is 9.43. The van der Waals surface area contributed by atoms with Crippen molar-refractivity contribution in [3.63, 3.8) is 0 Å². The average molecular weight is 658 g/mol. The first-order chi connectivity index (χ1) is 24.8. The third kappa shape index (κ3) is 3.09. The molecule has 1 saturated carbocycles. The predicted molar refractivity (Wildman–Crippen MR) is 215 cm³/mol. The zero-order valence-electron chi connectivity index (χ0n) is 29.8. The maximum atomic E-state index is 2.83. The summed E-state index contributed by atoms with van der Waals surface area (Å²) in [6.07, 6.45) is 4.95. The van der Waals surface area contributed by atoms with Gasteiger partial charge in [0.25, 0.3) is 0 Å². The monoisotopic (exact) mass is 657 g/mol. The van der Waals surface area contributed by atoms with Gasteiger partial charge in [0, 0.05) is 49.9 Å². The van der Waals surface area contributed by atoms with E-state index in [1.165, 1.54) is 115 Å². The number of anilines is 4. The second-order valence-corrected chi connectivity index (χ2v) is 16.8. The van der Waals surface area contributed by atoms with Crippen LogP contribution in [0.3, 0.4) is 0 Å². The maximum absolute atomic E-state index is 2.83. The third-order valence-corrected chi connectivity index (χ3v) is 14.3. The van der Waals surface area contributed by atoms with Crippen molar-refractivity contribution in [1.29, 1.82) is 0 Å². The number of fused-ring (bicyclic) bond motifs is 7. The van der Waals surface area contributed by atoms with E-state index in [9.17, 15) is 0 Å². The van der Waals surface area contributed by atoms with Gasteiger partial charge in [-0.2, -0.15) is 0 Å². The number of hydrogen-bond donors (Lipinski definition) is 0. The van der Waals surface area contributed by atoms with E-state index in [1.807, 2.05) is 0 Å². The molecule has 0 radical (unpaired) electrons. The highest BCUT2D eigenvalue weighted by Gasteiger charge is 2.58. The standard InChI is InChI=1S/C47H40BN3/c1-45(2)34-21-14-19-31-40-39(50-38-25-11-9-20-33(38)46(3)26-12-13-27-47(46,50)4)28-32-30-18-8-10-24-37(30)51(29-16-6-5-7-17-29)48-36-23-15-22-35(45)43(36)49(42(31)34)44(40)41(32)48/h5-11,14-25,28H,12-13,26-27H2,1-4H3. The average Bonchev–Trinajstić information content (AvgIpc) is 3.61. The quantitative estimate of drug-likeness (QED) is 0.172. The van der Waals surface area contributed by atoms with Crippen LogP contribution < -0.4 is 20.6 Å². The Morgan fingerprint density at radius 1 is 0.588 bits per heavy atom. The fraction of sp³-hybridized carbons (Fsp3) is 0.234. The minimum Gasteiger partial charge on any atom is -0.376 e. The van der Waals surface area contributed by atoms with Crippen LogP contribution in [0.1, 0.15) is 70.1 Å². The largest absolute Gasteiger partial charge is 0.376 e. The topological polar surface area (TPSA) is 11.4 Å². The Bertz CT molecular complexity index is 2690. The molecule has 0 bridgehead atoms. The van der Waals surface area contributed by atoms with Gasteiger partial charge in [-0.05, 0) is 83.3 Å². The van der Waals surface area contributed by atoms with Crippen LogP contribution in [0.2, 0.25) is 0 Å². The smallest absolute Gasteiger partial charge is 0.333 e. The van der Waals surface area contributed by atoms with Crippen molar-refractivity contribution >= 4 is 62.3 Å². The van der Waals surface area contributed by atoms with E-state index in [0.29, 0.717) is 0 Å². The van der Waals surface area contributed by atoms with Crippen LogP contribution in [0.4, 0.5) is 22.7 Å². The maximum Gasteiger partial charge on any atom is 0.333 e. The Morgan fingerprint density at radius 3 is 2.16 bits per heavy atom. The van der Waals surface area contributed by atoms with Gasteiger partial charge in [-0.25, -0.2) is 0 Å². The minimum absolute atomic E-state index is 0.0411. The van der Waals surface area contributed by atoms with Crippen molar-refractivity contribution in [2.24, 2.45) is 0 Å². The first-order valence-corrected chi connectivity index (χ1v) is 19.0. The zero-order valence-corrected chi connectivity index (χ0v) is 29.8. The lowest BCUT2D eigenvalue weighted by Gasteiger charge is -2.51. The molecule has 1 aliphatic carbocycles. The van der Waals surface area contributed by atoms with Gasteiger partial charge in [-0.1, -0.05) is 125 Å². The summed E-state index contributed by atoms with van der Waals surface area (Å²) in [6, 6.07) is 46.6. The first-order valence-electron chi connectivity index (χ1n) is 19.0. The van der Waals surface area contributed by atoms with Crippen molar-refractivity contribution in [3.8, 4) is 16.8 Å². The molecule has 7 aromatic rings. The van der Waals surface area contributed by atoms with E-state index in [0.717, 1.165) is 0 Å². The van der Waals surface area contributed by atoms with Gasteiger partial charge in [-0.15, -0.1) is 0 Å². The van der Waals surface area contributed by atoms with Gasteiger partial charge >= 0.3 is 6.85 Å². The zero-order chi connectivity index (χ0) is 34.0. The van der Waals surface area contributed by atoms with Gasteiger partial charge in [-0.3, -0.25) is 0 Å². The molecule has 12 rings (SSSR count). The van der Waals surface area contributed by atoms with E-state index < -0.39 is 0 Å². The first kappa shape index (κ1) is 28.5. The minimum atomic E-state index is -0.145. The lowest BCUT2D eigenvalue weighted by Crippen LogP contribution is -2.61. The normalized spacial score (nSPS) is 22.8. The van der Waals surface area contributed by atoms with Gasteiger partial charge in [0.15, 0.2) is 0 Å². The highest BCUT2D eigenvalue weighted by molar-refractivity contribution is 6.93. The van der Waals surface area contributed by atoms with Crippen LogP contribution in [0.15, 0.2) is 121 Å². The molecule has 1 fully saturated rings. The molecule has 0 spiro atoms. The number of hydrogen-bond acceptors (Lipinski definition) is 2. The molecule has 0 amide bonds. The van der Waals surface area contributed by atoms with Gasteiger partial charge in [0.2, 0.25) is 0 Å². The van der Waals surface area contributed by atoms with E-state index in [1.54, 1.807) is 0 Å². The number of rotatable bonds is 2. The summed E-state index contributed by atoms with van der Waals surface area (Å²) in [7, 11) is 0. The van der Waals surface area contributed by atoms with E-state index >= 15 is 0 Å². The number of para-hydroxylation sites is 5. The Balaban J connectivity index is 1.32. The molecule has 0 saturated heterocycles. The molecule has 1 aromatic heterocycles. The molecule has 6 aromatic carbocycles. The molecule has 4 heteroatoms. The lowest BCUT2D eigenvalue weighted by molar-refractivity contribution is 0.195. The van der Waals surface area contributed by atoms with Crippen molar-refractivity contribution in [2.45, 2.75) is 69.7 Å². The third-order valence-electron chi connectivity index (χ3n) is 14.3. The van der Waals surface area contributed by atoms with E-state index in [-0.39, 0.29) is 23.2 Å². The Hall–Kier alpha value is -5.22. The van der Waals surface area contributed by atoms with Crippen molar-refractivity contribution < 1.29 is 0 Å². The molecule has 5 aliphatic rings. The molecule has 5 heterocycles. The van der Waals surface area contributed by atoms with E-state index in [2.05, 4.69) is 163 Å². The highest BCUT2D eigenvalue weighted by atomic mass is 15.3. The van der Waals surface area contributed by atoms with Crippen LogP contribution >= 0.6 is 0 Å².